The van der Waals surface area contributed by atoms with Gasteiger partial charge in [0.25, 0.3) is 0 Å². The molecular formula is C16H16N4O. The third-order valence-corrected chi connectivity index (χ3v) is 3.50. The lowest BCUT2D eigenvalue weighted by molar-refractivity contribution is 0.101. The maximum absolute atomic E-state index is 11.7. The Hall–Kier alpha value is -2.69. The highest BCUT2D eigenvalue weighted by Gasteiger charge is 2.14. The molecule has 0 aliphatic carbocycles. The molecule has 0 radical (unpaired) electrons. The van der Waals surface area contributed by atoms with Crippen molar-refractivity contribution in [1.29, 1.82) is 0 Å². The third kappa shape index (κ3) is 2.38. The van der Waals surface area contributed by atoms with Crippen LogP contribution < -0.4 is 5.32 Å². The monoisotopic (exact) mass is 280 g/mol. The van der Waals surface area contributed by atoms with Crippen molar-refractivity contribution in [1.82, 2.24) is 14.5 Å². The van der Waals surface area contributed by atoms with Gasteiger partial charge in [-0.1, -0.05) is 17.7 Å². The summed E-state index contributed by atoms with van der Waals surface area (Å²) in [6.07, 6.45) is 1.50. The van der Waals surface area contributed by atoms with Crippen molar-refractivity contribution in [2.24, 2.45) is 7.05 Å². The van der Waals surface area contributed by atoms with Crippen molar-refractivity contribution in [2.75, 3.05) is 5.32 Å². The molecule has 0 bridgehead atoms. The van der Waals surface area contributed by atoms with E-state index in [9.17, 15) is 4.79 Å². The summed E-state index contributed by atoms with van der Waals surface area (Å²) in [5, 5.41) is 4.12. The molecule has 21 heavy (non-hydrogen) atoms. The minimum Gasteiger partial charge on any atom is -0.340 e. The molecule has 1 aromatic carbocycles. The number of Topliss-reactive ketones (excluding diaryl/α,β-unsaturated/α-hetero) is 1. The van der Waals surface area contributed by atoms with Crippen molar-refractivity contribution in [3.63, 3.8) is 0 Å². The number of nitrogens with one attached hydrogen (secondary N) is 1. The SMILES string of the molecule is CC(=O)c1cc2c(Nc3ccc(C)cc3)ncnc2n1C. The summed E-state index contributed by atoms with van der Waals surface area (Å²) in [4.78, 5) is 20.2. The van der Waals surface area contributed by atoms with E-state index in [4.69, 9.17) is 0 Å². The summed E-state index contributed by atoms with van der Waals surface area (Å²) < 4.78 is 1.79. The van der Waals surface area contributed by atoms with Crippen LogP contribution in [0.1, 0.15) is 23.0 Å². The van der Waals surface area contributed by atoms with Gasteiger partial charge in [-0.3, -0.25) is 4.79 Å². The van der Waals surface area contributed by atoms with Crippen LogP contribution in [-0.4, -0.2) is 20.3 Å². The number of aryl methyl sites for hydroxylation is 2. The number of ketones is 1. The molecule has 0 aliphatic heterocycles. The number of carbonyl (C=O) groups is 1. The van der Waals surface area contributed by atoms with Crippen LogP contribution in [0.5, 0.6) is 0 Å². The lowest BCUT2D eigenvalue weighted by Crippen LogP contribution is -2.01. The minimum absolute atomic E-state index is 0.0109. The highest BCUT2D eigenvalue weighted by molar-refractivity contribution is 6.00. The number of benzene rings is 1. The second kappa shape index (κ2) is 5.01. The van der Waals surface area contributed by atoms with E-state index in [2.05, 4.69) is 15.3 Å². The van der Waals surface area contributed by atoms with Crippen molar-refractivity contribution in [2.45, 2.75) is 13.8 Å². The number of hydrogen-bond acceptors (Lipinski definition) is 4. The smallest absolute Gasteiger partial charge is 0.176 e. The number of aromatic nitrogens is 3. The molecule has 0 spiro atoms. The first-order valence-electron chi connectivity index (χ1n) is 6.71. The molecule has 3 aromatic rings. The quantitative estimate of drug-likeness (QED) is 0.748. The van der Waals surface area contributed by atoms with Crippen LogP contribution in [-0.2, 0) is 7.05 Å². The van der Waals surface area contributed by atoms with Crippen molar-refractivity contribution in [3.05, 3.63) is 47.9 Å². The number of anilines is 2. The Morgan fingerprint density at radius 3 is 2.57 bits per heavy atom. The van der Waals surface area contributed by atoms with Crippen molar-refractivity contribution < 1.29 is 4.79 Å². The Morgan fingerprint density at radius 1 is 1.19 bits per heavy atom. The van der Waals surface area contributed by atoms with E-state index >= 15 is 0 Å². The van der Waals surface area contributed by atoms with Crippen LogP contribution >= 0.6 is 0 Å². The Balaban J connectivity index is 2.08. The molecule has 0 amide bonds. The van der Waals surface area contributed by atoms with Crippen molar-refractivity contribution in [3.8, 4) is 0 Å². The van der Waals surface area contributed by atoms with Gasteiger partial charge in [0.1, 0.15) is 17.8 Å². The summed E-state index contributed by atoms with van der Waals surface area (Å²) in [5.41, 5.74) is 3.52. The van der Waals surface area contributed by atoms with E-state index in [0.29, 0.717) is 11.5 Å². The van der Waals surface area contributed by atoms with Crippen LogP contribution in [0.15, 0.2) is 36.7 Å². The zero-order valence-corrected chi connectivity index (χ0v) is 12.2. The number of fused-ring (bicyclic) bond motifs is 1. The second-order valence-corrected chi connectivity index (χ2v) is 5.10. The fourth-order valence-electron chi connectivity index (χ4n) is 2.35. The summed E-state index contributed by atoms with van der Waals surface area (Å²) in [7, 11) is 1.84. The van der Waals surface area contributed by atoms with Crippen LogP contribution in [0.2, 0.25) is 0 Å². The van der Waals surface area contributed by atoms with E-state index in [1.165, 1.54) is 11.9 Å². The predicted octanol–water partition coefficient (Wildman–Crippen LogP) is 3.22. The van der Waals surface area contributed by atoms with Gasteiger partial charge >= 0.3 is 0 Å². The number of hydrogen-bond donors (Lipinski definition) is 1. The van der Waals surface area contributed by atoms with E-state index in [0.717, 1.165) is 16.7 Å². The molecule has 0 saturated heterocycles. The second-order valence-electron chi connectivity index (χ2n) is 5.10. The van der Waals surface area contributed by atoms with Gasteiger partial charge in [0.15, 0.2) is 5.78 Å². The summed E-state index contributed by atoms with van der Waals surface area (Å²) in [6, 6.07) is 9.89. The first-order valence-corrected chi connectivity index (χ1v) is 6.71. The molecule has 0 atom stereocenters. The van der Waals surface area contributed by atoms with Gasteiger partial charge in [0.2, 0.25) is 0 Å². The Morgan fingerprint density at radius 2 is 1.90 bits per heavy atom. The lowest BCUT2D eigenvalue weighted by Gasteiger charge is -2.06. The summed E-state index contributed by atoms with van der Waals surface area (Å²) >= 11 is 0. The van der Waals surface area contributed by atoms with E-state index in [-0.39, 0.29) is 5.78 Å². The standard InChI is InChI=1S/C16H16N4O/c1-10-4-6-12(7-5-10)19-15-13-8-14(11(2)21)20(3)16(13)18-9-17-15/h4-9H,1-3H3,(H,17,18,19). The first-order chi connectivity index (χ1) is 10.1. The zero-order chi connectivity index (χ0) is 15.0. The third-order valence-electron chi connectivity index (χ3n) is 3.50. The summed E-state index contributed by atoms with van der Waals surface area (Å²) in [5.74, 6) is 0.712. The van der Waals surface area contributed by atoms with Gasteiger partial charge in [0.05, 0.1) is 11.1 Å². The van der Waals surface area contributed by atoms with Gasteiger partial charge < -0.3 is 9.88 Å². The lowest BCUT2D eigenvalue weighted by atomic mass is 10.2. The fraction of sp³-hybridized carbons (Fsp3) is 0.188. The first kappa shape index (κ1) is 13.3. The van der Waals surface area contributed by atoms with Crippen LogP contribution in [0.4, 0.5) is 11.5 Å². The largest absolute Gasteiger partial charge is 0.340 e. The minimum atomic E-state index is 0.0109. The molecule has 5 nitrogen and oxygen atoms in total. The number of nitrogens with zero attached hydrogens (tertiary/aromatic N) is 3. The zero-order valence-electron chi connectivity index (χ0n) is 12.2. The Kier molecular flexibility index (Phi) is 3.17. The van der Waals surface area contributed by atoms with Crippen molar-refractivity contribution >= 4 is 28.3 Å². The van der Waals surface area contributed by atoms with Gasteiger partial charge in [-0.2, -0.15) is 0 Å². The van der Waals surface area contributed by atoms with Crippen LogP contribution in [0.25, 0.3) is 11.0 Å². The average Bonchev–Trinajstić information content (AvgIpc) is 2.80. The van der Waals surface area contributed by atoms with E-state index < -0.39 is 0 Å². The predicted molar refractivity (Wildman–Crippen MR) is 83.0 cm³/mol. The van der Waals surface area contributed by atoms with E-state index in [1.807, 2.05) is 44.3 Å². The highest BCUT2D eigenvalue weighted by Crippen LogP contribution is 2.25. The molecule has 0 aliphatic rings. The summed E-state index contributed by atoms with van der Waals surface area (Å²) in [6.45, 7) is 3.59. The molecule has 0 fully saturated rings. The fourth-order valence-corrected chi connectivity index (χ4v) is 2.35. The molecule has 106 valence electrons. The molecule has 0 saturated carbocycles. The number of rotatable bonds is 3. The molecular weight excluding hydrogens is 264 g/mol. The van der Waals surface area contributed by atoms with Crippen LogP contribution in [0.3, 0.4) is 0 Å². The molecule has 5 heteroatoms. The normalized spacial score (nSPS) is 10.8. The van der Waals surface area contributed by atoms with Gasteiger partial charge in [0, 0.05) is 19.7 Å². The van der Waals surface area contributed by atoms with Crippen LogP contribution in [0, 0.1) is 6.92 Å². The van der Waals surface area contributed by atoms with E-state index in [1.54, 1.807) is 11.5 Å². The maximum atomic E-state index is 11.7. The molecule has 3 rings (SSSR count). The maximum Gasteiger partial charge on any atom is 0.176 e. The Labute approximate surface area is 122 Å². The van der Waals surface area contributed by atoms with Gasteiger partial charge in [-0.15, -0.1) is 0 Å². The van der Waals surface area contributed by atoms with Gasteiger partial charge in [-0.25, -0.2) is 9.97 Å². The molecule has 0 unspecified atom stereocenters. The molecule has 2 aromatic heterocycles. The average molecular weight is 280 g/mol. The molecule has 1 N–H and O–H groups in total. The van der Waals surface area contributed by atoms with Gasteiger partial charge in [-0.05, 0) is 25.1 Å². The Bertz CT molecular complexity index is 818. The topological polar surface area (TPSA) is 59.8 Å². The molecule has 2 heterocycles. The highest BCUT2D eigenvalue weighted by atomic mass is 16.1. The number of carbonyl (C=O) groups excluding carboxylic acids is 1.